The molecule has 2 unspecified atom stereocenters. The number of esters is 1. The van der Waals surface area contributed by atoms with Gasteiger partial charge in [-0.15, -0.1) is 0 Å². The number of carbonyl (C=O) groups is 2. The number of rotatable bonds is 4. The van der Waals surface area contributed by atoms with Crippen LogP contribution in [-0.4, -0.2) is 61.7 Å². The molecule has 0 saturated carbocycles. The van der Waals surface area contributed by atoms with Crippen LogP contribution < -0.4 is 0 Å². The van der Waals surface area contributed by atoms with E-state index in [1.165, 1.54) is 0 Å². The van der Waals surface area contributed by atoms with Gasteiger partial charge < -0.3 is 14.7 Å². The van der Waals surface area contributed by atoms with Crippen LogP contribution in [0.25, 0.3) is 16.9 Å². The van der Waals surface area contributed by atoms with Crippen molar-refractivity contribution in [3.8, 4) is 16.9 Å². The molecule has 2 aromatic carbocycles. The number of ether oxygens (including phenoxy) is 1. The fourth-order valence-electron chi connectivity index (χ4n) is 4.58. The van der Waals surface area contributed by atoms with E-state index in [1.807, 2.05) is 30.3 Å². The number of amides is 1. The van der Waals surface area contributed by atoms with Crippen molar-refractivity contribution < 1.29 is 23.6 Å². The number of fused-ring (bicyclic) bond motifs is 3. The minimum absolute atomic E-state index is 0.135. The SMILES string of the molecule is CCOC(=O)c1nn(-c2cccc(C(=O)N3CCCC(O)C3)c2)c2c1CS(=O)c1ccccc1-2. The van der Waals surface area contributed by atoms with Gasteiger partial charge in [0.1, 0.15) is 0 Å². The molecule has 3 aromatic rings. The fourth-order valence-corrected chi connectivity index (χ4v) is 5.91. The molecule has 2 atom stereocenters. The number of β-amino-alcohol motifs (C(OH)–C–C–N with tert-alkyl or cyclic N) is 1. The highest BCUT2D eigenvalue weighted by atomic mass is 32.2. The van der Waals surface area contributed by atoms with Gasteiger partial charge in [0.05, 0.1) is 40.6 Å². The Hall–Kier alpha value is -3.30. The molecule has 1 amide bonds. The number of aliphatic hydroxyl groups excluding tert-OH is 1. The molecule has 2 aliphatic heterocycles. The van der Waals surface area contributed by atoms with Gasteiger partial charge in [-0.2, -0.15) is 5.10 Å². The third-order valence-corrected chi connectivity index (χ3v) is 7.53. The van der Waals surface area contributed by atoms with Crippen molar-refractivity contribution in [1.29, 1.82) is 0 Å². The highest BCUT2D eigenvalue weighted by Crippen LogP contribution is 2.39. The standard InChI is InChI=1S/C25H25N3O5S/c1-2-33-25(31)22-20-15-34(32)21-11-4-3-10-19(21)23(20)28(26-22)17-8-5-7-16(13-17)24(30)27-12-6-9-18(29)14-27/h3-5,7-8,10-11,13,18,29H,2,6,9,12,14-15H2,1H3. The predicted molar refractivity (Wildman–Crippen MR) is 126 cm³/mol. The number of benzene rings is 2. The second-order valence-electron chi connectivity index (χ2n) is 8.39. The van der Waals surface area contributed by atoms with E-state index >= 15 is 0 Å². The van der Waals surface area contributed by atoms with Gasteiger partial charge in [0.25, 0.3) is 5.91 Å². The average Bonchev–Trinajstić information content (AvgIpc) is 3.24. The Morgan fingerprint density at radius 3 is 2.82 bits per heavy atom. The lowest BCUT2D eigenvalue weighted by molar-refractivity contribution is 0.0473. The Morgan fingerprint density at radius 2 is 2.03 bits per heavy atom. The minimum atomic E-state index is -1.31. The van der Waals surface area contributed by atoms with Gasteiger partial charge >= 0.3 is 5.97 Å². The van der Waals surface area contributed by atoms with Crippen molar-refractivity contribution in [1.82, 2.24) is 14.7 Å². The molecule has 8 nitrogen and oxygen atoms in total. The molecule has 1 saturated heterocycles. The van der Waals surface area contributed by atoms with Gasteiger partial charge in [-0.3, -0.25) is 9.00 Å². The third kappa shape index (κ3) is 3.95. The van der Waals surface area contributed by atoms with E-state index in [0.717, 1.165) is 12.0 Å². The molecule has 1 N–H and O–H groups in total. The Morgan fingerprint density at radius 1 is 1.21 bits per heavy atom. The molecule has 34 heavy (non-hydrogen) atoms. The number of carbonyl (C=O) groups excluding carboxylic acids is 2. The van der Waals surface area contributed by atoms with E-state index in [-0.39, 0.29) is 24.0 Å². The molecule has 0 spiro atoms. The van der Waals surface area contributed by atoms with Crippen LogP contribution in [0.3, 0.4) is 0 Å². The van der Waals surface area contributed by atoms with Crippen molar-refractivity contribution in [2.45, 2.75) is 36.5 Å². The Kier molecular flexibility index (Phi) is 6.05. The average molecular weight is 480 g/mol. The van der Waals surface area contributed by atoms with Crippen molar-refractivity contribution in [3.05, 3.63) is 65.4 Å². The second kappa shape index (κ2) is 9.15. The summed E-state index contributed by atoms with van der Waals surface area (Å²) in [5.41, 5.74) is 3.21. The van der Waals surface area contributed by atoms with Crippen LogP contribution in [0.5, 0.6) is 0 Å². The maximum atomic E-state index is 13.1. The van der Waals surface area contributed by atoms with Crippen molar-refractivity contribution in [3.63, 3.8) is 0 Å². The summed E-state index contributed by atoms with van der Waals surface area (Å²) in [6, 6.07) is 14.4. The second-order valence-corrected chi connectivity index (χ2v) is 9.81. The van der Waals surface area contributed by atoms with Gasteiger partial charge in [0, 0.05) is 34.7 Å². The molecule has 5 rings (SSSR count). The number of piperidine rings is 1. The maximum absolute atomic E-state index is 13.1. The zero-order chi connectivity index (χ0) is 23.8. The van der Waals surface area contributed by atoms with Crippen LogP contribution in [0, 0.1) is 0 Å². The summed E-state index contributed by atoms with van der Waals surface area (Å²) in [5.74, 6) is -0.567. The molecular formula is C25H25N3O5S. The molecule has 176 valence electrons. The molecule has 1 aromatic heterocycles. The van der Waals surface area contributed by atoms with Crippen molar-refractivity contribution in [2.24, 2.45) is 0 Å². The number of hydrogen-bond donors (Lipinski definition) is 1. The first-order chi connectivity index (χ1) is 16.5. The van der Waals surface area contributed by atoms with Crippen molar-refractivity contribution >= 4 is 22.7 Å². The lowest BCUT2D eigenvalue weighted by atomic mass is 10.0. The molecule has 2 aliphatic rings. The lowest BCUT2D eigenvalue weighted by Gasteiger charge is -2.30. The predicted octanol–water partition coefficient (Wildman–Crippen LogP) is 2.93. The highest BCUT2D eigenvalue weighted by molar-refractivity contribution is 7.84. The van der Waals surface area contributed by atoms with Gasteiger partial charge in [-0.25, -0.2) is 9.48 Å². The van der Waals surface area contributed by atoms with Crippen LogP contribution in [0.1, 0.15) is 46.2 Å². The number of likely N-dealkylation sites (tertiary alicyclic amines) is 1. The van der Waals surface area contributed by atoms with E-state index in [0.29, 0.717) is 46.9 Å². The molecule has 1 fully saturated rings. The zero-order valence-corrected chi connectivity index (χ0v) is 19.6. The van der Waals surface area contributed by atoms with Crippen LogP contribution >= 0.6 is 0 Å². The summed E-state index contributed by atoms with van der Waals surface area (Å²) >= 11 is 0. The van der Waals surface area contributed by atoms with E-state index in [2.05, 4.69) is 5.10 Å². The third-order valence-electron chi connectivity index (χ3n) is 6.14. The molecule has 0 aliphatic carbocycles. The van der Waals surface area contributed by atoms with E-state index in [9.17, 15) is 18.9 Å². The first kappa shape index (κ1) is 22.5. The quantitative estimate of drug-likeness (QED) is 0.578. The normalized spacial score (nSPS) is 19.3. The van der Waals surface area contributed by atoms with Gasteiger partial charge in [0.2, 0.25) is 0 Å². The molecule has 9 heteroatoms. The lowest BCUT2D eigenvalue weighted by Crippen LogP contribution is -2.42. The first-order valence-corrected chi connectivity index (χ1v) is 12.6. The first-order valence-electron chi connectivity index (χ1n) is 11.3. The molecular weight excluding hydrogens is 454 g/mol. The van der Waals surface area contributed by atoms with Gasteiger partial charge in [-0.05, 0) is 44.0 Å². The van der Waals surface area contributed by atoms with Crippen LogP contribution in [0.15, 0.2) is 53.4 Å². The van der Waals surface area contributed by atoms with Crippen molar-refractivity contribution in [2.75, 3.05) is 19.7 Å². The highest BCUT2D eigenvalue weighted by Gasteiger charge is 2.33. The summed E-state index contributed by atoms with van der Waals surface area (Å²) in [6.45, 7) is 2.84. The number of aromatic nitrogens is 2. The van der Waals surface area contributed by atoms with E-state index < -0.39 is 22.9 Å². The molecule has 3 heterocycles. The largest absolute Gasteiger partial charge is 0.461 e. The van der Waals surface area contributed by atoms with Gasteiger partial charge in [-0.1, -0.05) is 24.3 Å². The summed E-state index contributed by atoms with van der Waals surface area (Å²) in [4.78, 5) is 28.2. The van der Waals surface area contributed by atoms with E-state index in [1.54, 1.807) is 34.7 Å². The molecule has 0 bridgehead atoms. The van der Waals surface area contributed by atoms with Crippen LogP contribution in [-0.2, 0) is 21.3 Å². The summed E-state index contributed by atoms with van der Waals surface area (Å²) < 4.78 is 19.8. The topological polar surface area (TPSA) is 102 Å². The molecule has 0 radical (unpaired) electrons. The zero-order valence-electron chi connectivity index (χ0n) is 18.8. The Bertz CT molecular complexity index is 1300. The number of nitrogens with zero attached hydrogens (tertiary/aromatic N) is 3. The summed E-state index contributed by atoms with van der Waals surface area (Å²) in [7, 11) is -1.31. The number of aliphatic hydroxyl groups is 1. The van der Waals surface area contributed by atoms with Crippen LogP contribution in [0.2, 0.25) is 0 Å². The van der Waals surface area contributed by atoms with Gasteiger partial charge in [0.15, 0.2) is 5.69 Å². The maximum Gasteiger partial charge on any atom is 0.359 e. The summed E-state index contributed by atoms with van der Waals surface area (Å²) in [5, 5.41) is 14.6. The Balaban J connectivity index is 1.62. The summed E-state index contributed by atoms with van der Waals surface area (Å²) in [6.07, 6.45) is 0.944. The monoisotopic (exact) mass is 479 g/mol. The van der Waals surface area contributed by atoms with E-state index in [4.69, 9.17) is 4.74 Å². The van der Waals surface area contributed by atoms with Crippen LogP contribution in [0.4, 0.5) is 0 Å². The number of hydrogen-bond acceptors (Lipinski definition) is 6. The Labute approximate surface area is 199 Å². The minimum Gasteiger partial charge on any atom is -0.461 e. The smallest absolute Gasteiger partial charge is 0.359 e. The fraction of sp³-hybridized carbons (Fsp3) is 0.320.